The number of halogens is 1. The zero-order valence-electron chi connectivity index (χ0n) is 9.74. The van der Waals surface area contributed by atoms with E-state index in [4.69, 9.17) is 16.7 Å². The van der Waals surface area contributed by atoms with Crippen LogP contribution in [0.25, 0.3) is 0 Å². The third-order valence-electron chi connectivity index (χ3n) is 2.35. The van der Waals surface area contributed by atoms with E-state index in [1.807, 2.05) is 0 Å². The van der Waals surface area contributed by atoms with E-state index in [2.05, 4.69) is 23.5 Å². The number of hydrogen-bond acceptors (Lipinski definition) is 4. The van der Waals surface area contributed by atoms with Crippen LogP contribution < -0.4 is 5.32 Å². The van der Waals surface area contributed by atoms with Crippen molar-refractivity contribution in [1.82, 2.24) is 4.98 Å². The number of rotatable bonds is 6. The third-order valence-corrected chi connectivity index (χ3v) is 3.69. The number of carboxylic acid groups (broad SMARTS) is 1. The highest BCUT2D eigenvalue weighted by atomic mass is 35.5. The van der Waals surface area contributed by atoms with Crippen LogP contribution in [0.4, 0.5) is 5.82 Å². The molecule has 0 radical (unpaired) electrons. The largest absolute Gasteiger partial charge is 0.478 e. The van der Waals surface area contributed by atoms with Gasteiger partial charge in [0.1, 0.15) is 5.82 Å². The Morgan fingerprint density at radius 1 is 1.71 bits per heavy atom. The number of aromatic carboxylic acids is 1. The van der Waals surface area contributed by atoms with Crippen LogP contribution >= 0.6 is 23.4 Å². The van der Waals surface area contributed by atoms with Gasteiger partial charge in [0.15, 0.2) is 0 Å². The summed E-state index contributed by atoms with van der Waals surface area (Å²) in [5, 5.41) is 12.7. The molecule has 1 aromatic rings. The smallest absolute Gasteiger partial charge is 0.337 e. The second kappa shape index (κ2) is 6.71. The van der Waals surface area contributed by atoms with Crippen LogP contribution in [0.15, 0.2) is 12.3 Å². The molecular formula is C11H15ClN2O2S. The van der Waals surface area contributed by atoms with Crippen molar-refractivity contribution in [2.24, 2.45) is 0 Å². The summed E-state index contributed by atoms with van der Waals surface area (Å²) in [6, 6.07) is 1.45. The zero-order valence-corrected chi connectivity index (χ0v) is 11.3. The van der Waals surface area contributed by atoms with E-state index in [1.165, 1.54) is 12.3 Å². The molecule has 0 aliphatic carbocycles. The van der Waals surface area contributed by atoms with Gasteiger partial charge in [-0.15, -0.1) is 0 Å². The van der Waals surface area contributed by atoms with Crippen molar-refractivity contribution in [3.8, 4) is 0 Å². The Morgan fingerprint density at radius 3 is 3.00 bits per heavy atom. The monoisotopic (exact) mass is 274 g/mol. The molecule has 0 saturated carbocycles. The minimum atomic E-state index is -1.04. The molecular weight excluding hydrogens is 260 g/mol. The predicted molar refractivity (Wildman–Crippen MR) is 72.3 cm³/mol. The Balaban J connectivity index is 2.60. The molecule has 0 aliphatic heterocycles. The average molecular weight is 275 g/mol. The van der Waals surface area contributed by atoms with Crippen molar-refractivity contribution in [2.75, 3.05) is 18.1 Å². The predicted octanol–water partition coefficient (Wildman–Crippen LogP) is 2.99. The van der Waals surface area contributed by atoms with Gasteiger partial charge in [-0.05, 0) is 18.7 Å². The second-order valence-electron chi connectivity index (χ2n) is 3.62. The van der Waals surface area contributed by atoms with Crippen LogP contribution in [0.1, 0.15) is 23.7 Å². The maximum absolute atomic E-state index is 10.9. The van der Waals surface area contributed by atoms with Gasteiger partial charge in [-0.3, -0.25) is 0 Å². The van der Waals surface area contributed by atoms with E-state index in [0.717, 1.165) is 13.0 Å². The van der Waals surface area contributed by atoms with E-state index in [1.54, 1.807) is 11.8 Å². The van der Waals surface area contributed by atoms with Gasteiger partial charge >= 0.3 is 5.97 Å². The molecule has 4 nitrogen and oxygen atoms in total. The molecule has 6 heteroatoms. The van der Waals surface area contributed by atoms with Gasteiger partial charge in [-0.25, -0.2) is 9.78 Å². The maximum atomic E-state index is 10.9. The molecule has 17 heavy (non-hydrogen) atoms. The minimum absolute atomic E-state index is 0.0714. The number of anilines is 1. The Kier molecular flexibility index (Phi) is 5.58. The SMILES string of the molecule is CSC(C)CCNc1cc(C(=O)O)c(Cl)cn1. The highest BCUT2D eigenvalue weighted by Crippen LogP contribution is 2.18. The fourth-order valence-corrected chi connectivity index (χ4v) is 1.76. The Labute approximate surface area is 110 Å². The highest BCUT2D eigenvalue weighted by Gasteiger charge is 2.10. The summed E-state index contributed by atoms with van der Waals surface area (Å²) < 4.78 is 0. The summed E-state index contributed by atoms with van der Waals surface area (Å²) in [6.45, 7) is 2.90. The molecule has 94 valence electrons. The number of carbonyl (C=O) groups is 1. The fraction of sp³-hybridized carbons (Fsp3) is 0.455. The van der Waals surface area contributed by atoms with Gasteiger partial charge in [0, 0.05) is 18.0 Å². The van der Waals surface area contributed by atoms with Crippen LogP contribution in [0.2, 0.25) is 5.02 Å². The van der Waals surface area contributed by atoms with Crippen molar-refractivity contribution >= 4 is 35.1 Å². The van der Waals surface area contributed by atoms with Crippen molar-refractivity contribution in [2.45, 2.75) is 18.6 Å². The van der Waals surface area contributed by atoms with E-state index in [-0.39, 0.29) is 10.6 Å². The van der Waals surface area contributed by atoms with Gasteiger partial charge in [0.05, 0.1) is 10.6 Å². The maximum Gasteiger partial charge on any atom is 0.337 e. The van der Waals surface area contributed by atoms with Crippen LogP contribution in [0.3, 0.4) is 0 Å². The number of hydrogen-bond donors (Lipinski definition) is 2. The van der Waals surface area contributed by atoms with Crippen LogP contribution in [0.5, 0.6) is 0 Å². The lowest BCUT2D eigenvalue weighted by molar-refractivity contribution is 0.0697. The molecule has 2 N–H and O–H groups in total. The molecule has 0 bridgehead atoms. The normalized spacial score (nSPS) is 12.2. The first-order valence-electron chi connectivity index (χ1n) is 5.20. The average Bonchev–Trinajstić information content (AvgIpc) is 2.30. The van der Waals surface area contributed by atoms with E-state index in [0.29, 0.717) is 11.1 Å². The molecule has 0 spiro atoms. The topological polar surface area (TPSA) is 62.2 Å². The summed E-state index contributed by atoms with van der Waals surface area (Å²) in [6.07, 6.45) is 4.41. The molecule has 0 fully saturated rings. The lowest BCUT2D eigenvalue weighted by Gasteiger charge is -2.10. The quantitative estimate of drug-likeness (QED) is 0.835. The number of carboxylic acids is 1. The number of nitrogens with zero attached hydrogens (tertiary/aromatic N) is 1. The zero-order chi connectivity index (χ0) is 12.8. The molecule has 0 aliphatic rings. The molecule has 1 unspecified atom stereocenters. The molecule has 0 saturated heterocycles. The lowest BCUT2D eigenvalue weighted by atomic mass is 10.2. The van der Waals surface area contributed by atoms with E-state index < -0.39 is 5.97 Å². The standard InChI is InChI=1S/C11H15ClN2O2S/c1-7(17-2)3-4-13-10-5-8(11(15)16)9(12)6-14-10/h5-7H,3-4H2,1-2H3,(H,13,14)(H,15,16). The van der Waals surface area contributed by atoms with Gasteiger partial charge in [-0.1, -0.05) is 18.5 Å². The Morgan fingerprint density at radius 2 is 2.41 bits per heavy atom. The van der Waals surface area contributed by atoms with Crippen molar-refractivity contribution in [3.63, 3.8) is 0 Å². The number of aromatic nitrogens is 1. The number of nitrogens with one attached hydrogen (secondary N) is 1. The van der Waals surface area contributed by atoms with Crippen molar-refractivity contribution in [1.29, 1.82) is 0 Å². The van der Waals surface area contributed by atoms with E-state index in [9.17, 15) is 4.79 Å². The van der Waals surface area contributed by atoms with Gasteiger partial charge in [-0.2, -0.15) is 11.8 Å². The third kappa shape index (κ3) is 4.44. The summed E-state index contributed by atoms with van der Waals surface area (Å²) in [4.78, 5) is 14.9. The summed E-state index contributed by atoms with van der Waals surface area (Å²) >= 11 is 7.52. The lowest BCUT2D eigenvalue weighted by Crippen LogP contribution is -2.09. The molecule has 1 atom stereocenters. The molecule has 1 heterocycles. The molecule has 1 rings (SSSR count). The Bertz CT molecular complexity index is 401. The van der Waals surface area contributed by atoms with Gasteiger partial charge in [0.2, 0.25) is 0 Å². The highest BCUT2D eigenvalue weighted by molar-refractivity contribution is 7.99. The Hall–Kier alpha value is -0.940. The molecule has 1 aromatic heterocycles. The summed E-state index contributed by atoms with van der Waals surface area (Å²) in [7, 11) is 0. The van der Waals surface area contributed by atoms with Crippen molar-refractivity contribution < 1.29 is 9.90 Å². The van der Waals surface area contributed by atoms with Crippen LogP contribution in [0, 0.1) is 0 Å². The van der Waals surface area contributed by atoms with Crippen LogP contribution in [-0.2, 0) is 0 Å². The first-order chi connectivity index (χ1) is 8.04. The first kappa shape index (κ1) is 14.1. The summed E-state index contributed by atoms with van der Waals surface area (Å²) in [5.74, 6) is -0.502. The number of pyridine rings is 1. The van der Waals surface area contributed by atoms with Crippen molar-refractivity contribution in [3.05, 3.63) is 22.8 Å². The molecule has 0 aromatic carbocycles. The fourth-order valence-electron chi connectivity index (χ4n) is 1.22. The summed E-state index contributed by atoms with van der Waals surface area (Å²) in [5.41, 5.74) is 0.0714. The first-order valence-corrected chi connectivity index (χ1v) is 6.86. The molecule has 0 amide bonds. The second-order valence-corrected chi connectivity index (χ2v) is 5.30. The van der Waals surface area contributed by atoms with Gasteiger partial charge < -0.3 is 10.4 Å². The van der Waals surface area contributed by atoms with Crippen LogP contribution in [-0.4, -0.2) is 34.1 Å². The minimum Gasteiger partial charge on any atom is -0.478 e. The van der Waals surface area contributed by atoms with E-state index >= 15 is 0 Å². The number of thioether (sulfide) groups is 1. The van der Waals surface area contributed by atoms with Gasteiger partial charge in [0.25, 0.3) is 0 Å².